The number of imide groups is 1. The van der Waals surface area contributed by atoms with Crippen molar-refractivity contribution < 1.29 is 32.7 Å². The van der Waals surface area contributed by atoms with Crippen LogP contribution in [0.25, 0.3) is 11.2 Å². The summed E-state index contributed by atoms with van der Waals surface area (Å²) in [5.74, 6) is -0.244. The quantitative estimate of drug-likeness (QED) is 0.225. The summed E-state index contributed by atoms with van der Waals surface area (Å²) in [5.41, 5.74) is 4.01. The van der Waals surface area contributed by atoms with Gasteiger partial charge in [-0.2, -0.15) is 9.97 Å². The molecule has 0 aliphatic carbocycles. The van der Waals surface area contributed by atoms with E-state index in [1.807, 2.05) is 0 Å². The van der Waals surface area contributed by atoms with Crippen LogP contribution < -0.4 is 21.1 Å². The highest BCUT2D eigenvalue weighted by molar-refractivity contribution is 7.94. The lowest BCUT2D eigenvalue weighted by Crippen LogP contribution is -2.40. The minimum atomic E-state index is -2.21. The lowest BCUT2D eigenvalue weighted by molar-refractivity contribution is -0.119. The molecule has 0 radical (unpaired) electrons. The molecule has 5 atom stereocenters. The lowest BCUT2D eigenvalue weighted by atomic mass is 9.98. The molecule has 0 unspecified atom stereocenters. The number of carbonyl (C=O) groups is 2. The van der Waals surface area contributed by atoms with E-state index in [4.69, 9.17) is 19.4 Å². The number of aliphatic hydroxyl groups is 1. The minimum absolute atomic E-state index is 0.0823. The van der Waals surface area contributed by atoms with E-state index in [9.17, 15) is 14.7 Å². The average molecular weight is 471 g/mol. The van der Waals surface area contributed by atoms with Crippen molar-refractivity contribution in [1.82, 2.24) is 30.2 Å². The summed E-state index contributed by atoms with van der Waals surface area (Å²) >= 11 is 0.894. The number of aromatic nitrogens is 4. The van der Waals surface area contributed by atoms with Gasteiger partial charge in [0.25, 0.3) is 5.91 Å². The number of ether oxygens (including phenoxy) is 2. The molecule has 5 N–H and O–H groups in total. The molecule has 2 fully saturated rings. The fourth-order valence-electron chi connectivity index (χ4n) is 3.47. The molecule has 2 aliphatic rings. The largest absolute Gasteiger partial charge is 0.476 e. The second kappa shape index (κ2) is 8.65. The van der Waals surface area contributed by atoms with Gasteiger partial charge in [0.15, 0.2) is 23.1 Å². The lowest BCUT2D eigenvalue weighted by Gasteiger charge is -2.24. The number of nitrogens with one attached hydrogen (secondary N) is 2. The summed E-state index contributed by atoms with van der Waals surface area (Å²) in [7, 11) is 0. The number of nitrogens with two attached hydrogens (primary N) is 1. The molecule has 4 heterocycles. The number of anilines is 1. The highest BCUT2D eigenvalue weighted by Crippen LogP contribution is 2.43. The first-order chi connectivity index (χ1) is 15.2. The van der Waals surface area contributed by atoms with Gasteiger partial charge in [0.05, 0.1) is 19.5 Å². The van der Waals surface area contributed by atoms with Crippen LogP contribution in [0.15, 0.2) is 6.33 Å². The number of imidazole rings is 1. The molecule has 2 aromatic heterocycles. The fourth-order valence-corrected chi connectivity index (χ4v) is 4.17. The van der Waals surface area contributed by atoms with Crippen LogP contribution in [0.2, 0.25) is 0 Å². The maximum atomic E-state index is 15.5. The number of rotatable bonds is 8. The van der Waals surface area contributed by atoms with Crippen molar-refractivity contribution in [1.29, 1.82) is 0 Å². The Bertz CT molecular complexity index is 1040. The Kier molecular flexibility index (Phi) is 6.07. The maximum Gasteiger partial charge on any atom is 0.322 e. The highest BCUT2D eigenvalue weighted by atomic mass is 32.2. The zero-order valence-electron chi connectivity index (χ0n) is 17.1. The molecule has 2 aliphatic heterocycles. The second-order valence-electron chi connectivity index (χ2n) is 7.35. The number of amides is 3. The number of nitrogen functional groups attached to an aromatic ring is 1. The standard InChI is InChI=1S/C17H22FN7O6S/c1-3-29-13-9-11(22-15(19)24-13)25(6-20-9)14-17(2,18)10(26)8(31-14)4-30-32-5-7-12(27)23-16(28)21-7/h6-8,10,14,26H,3-5H2,1-2H3,(H2,19,22,24)(H2,21,23,27,28)/t7-,8+,10+,14+,17+/m0/s1. The smallest absolute Gasteiger partial charge is 0.322 e. The molecule has 174 valence electrons. The SMILES string of the molecule is CCOc1nc(N)nc2c1ncn2[C@@H]1O[C@H](COSC[C@@H]2NC(=O)NC2=O)[C@@H](O)[C@@]1(C)F. The van der Waals surface area contributed by atoms with Crippen LogP contribution in [0.1, 0.15) is 20.1 Å². The Labute approximate surface area is 185 Å². The van der Waals surface area contributed by atoms with Crippen LogP contribution >= 0.6 is 12.0 Å². The van der Waals surface area contributed by atoms with Gasteiger partial charge in [-0.1, -0.05) is 0 Å². The minimum Gasteiger partial charge on any atom is -0.476 e. The molecule has 0 bridgehead atoms. The molecular formula is C17H22FN7O6S. The maximum absolute atomic E-state index is 15.5. The van der Waals surface area contributed by atoms with E-state index in [1.54, 1.807) is 6.92 Å². The van der Waals surface area contributed by atoms with Gasteiger partial charge < -0.3 is 29.8 Å². The third-order valence-corrected chi connectivity index (χ3v) is 5.84. The Morgan fingerprint density at radius 1 is 1.44 bits per heavy atom. The van der Waals surface area contributed by atoms with E-state index in [0.717, 1.165) is 12.0 Å². The van der Waals surface area contributed by atoms with Crippen LogP contribution in [0, 0.1) is 0 Å². The van der Waals surface area contributed by atoms with Gasteiger partial charge in [-0.3, -0.25) is 14.7 Å². The van der Waals surface area contributed by atoms with E-state index >= 15 is 4.39 Å². The van der Waals surface area contributed by atoms with E-state index in [1.165, 1.54) is 17.8 Å². The van der Waals surface area contributed by atoms with Gasteiger partial charge in [-0.25, -0.2) is 14.2 Å². The predicted octanol–water partition coefficient (Wildman–Crippen LogP) is -0.333. The first kappa shape index (κ1) is 22.4. The molecule has 4 rings (SSSR count). The molecule has 0 aromatic carbocycles. The molecule has 0 saturated carbocycles. The Hall–Kier alpha value is -2.75. The van der Waals surface area contributed by atoms with Crippen molar-refractivity contribution in [2.45, 2.75) is 44.0 Å². The number of alkyl halides is 1. The van der Waals surface area contributed by atoms with Crippen molar-refractivity contribution in [2.75, 3.05) is 24.7 Å². The van der Waals surface area contributed by atoms with Gasteiger partial charge in [-0.05, 0) is 25.9 Å². The molecule has 0 spiro atoms. The van der Waals surface area contributed by atoms with Gasteiger partial charge >= 0.3 is 6.03 Å². The summed E-state index contributed by atoms with van der Waals surface area (Å²) in [6, 6.07) is -1.31. The number of aliphatic hydroxyl groups excluding tert-OH is 1. The van der Waals surface area contributed by atoms with Gasteiger partial charge in [0.1, 0.15) is 18.2 Å². The molecular weight excluding hydrogens is 449 g/mol. The Morgan fingerprint density at radius 3 is 2.91 bits per heavy atom. The van der Waals surface area contributed by atoms with Crippen LogP contribution in [0.3, 0.4) is 0 Å². The summed E-state index contributed by atoms with van der Waals surface area (Å²) in [6.07, 6.45) is -2.50. The average Bonchev–Trinajstić information content (AvgIpc) is 3.35. The van der Waals surface area contributed by atoms with Crippen LogP contribution in [0.5, 0.6) is 5.88 Å². The van der Waals surface area contributed by atoms with Crippen molar-refractivity contribution in [3.05, 3.63) is 6.33 Å². The molecule has 3 amide bonds. The summed E-state index contributed by atoms with van der Waals surface area (Å²) in [4.78, 5) is 35.0. The highest BCUT2D eigenvalue weighted by Gasteiger charge is 2.55. The van der Waals surface area contributed by atoms with E-state index < -0.39 is 42.1 Å². The summed E-state index contributed by atoms with van der Waals surface area (Å²) in [6.45, 7) is 3.12. The topological polar surface area (TPSA) is 176 Å². The zero-order chi connectivity index (χ0) is 23.0. The van der Waals surface area contributed by atoms with Crippen LogP contribution in [-0.4, -0.2) is 79.4 Å². The van der Waals surface area contributed by atoms with E-state index in [0.29, 0.717) is 6.61 Å². The van der Waals surface area contributed by atoms with Crippen molar-refractivity contribution in [3.63, 3.8) is 0 Å². The first-order valence-electron chi connectivity index (χ1n) is 9.73. The number of hydrogen-bond donors (Lipinski definition) is 4. The number of urea groups is 1. The molecule has 13 nitrogen and oxygen atoms in total. The molecule has 15 heteroatoms. The second-order valence-corrected chi connectivity index (χ2v) is 8.16. The first-order valence-corrected chi connectivity index (χ1v) is 10.6. The molecule has 2 aromatic rings. The number of fused-ring (bicyclic) bond motifs is 1. The number of nitrogens with zero attached hydrogens (tertiary/aromatic N) is 4. The van der Waals surface area contributed by atoms with Crippen molar-refractivity contribution >= 4 is 41.1 Å². The van der Waals surface area contributed by atoms with Gasteiger partial charge in [0, 0.05) is 5.75 Å². The number of halogens is 1. The summed E-state index contributed by atoms with van der Waals surface area (Å²) in [5, 5.41) is 15.1. The normalized spacial score (nSPS) is 30.0. The van der Waals surface area contributed by atoms with E-state index in [-0.39, 0.29) is 35.4 Å². The van der Waals surface area contributed by atoms with Crippen molar-refractivity contribution in [3.8, 4) is 5.88 Å². The third kappa shape index (κ3) is 4.03. The Morgan fingerprint density at radius 2 is 2.22 bits per heavy atom. The fraction of sp³-hybridized carbons (Fsp3) is 0.588. The van der Waals surface area contributed by atoms with Crippen molar-refractivity contribution in [2.24, 2.45) is 0 Å². The van der Waals surface area contributed by atoms with Crippen LogP contribution in [-0.2, 0) is 13.7 Å². The third-order valence-electron chi connectivity index (χ3n) is 5.07. The van der Waals surface area contributed by atoms with Gasteiger partial charge in [0.2, 0.25) is 11.8 Å². The number of hydrogen-bond acceptors (Lipinski definition) is 11. The molecule has 32 heavy (non-hydrogen) atoms. The number of carbonyl (C=O) groups excluding carboxylic acids is 2. The monoisotopic (exact) mass is 471 g/mol. The van der Waals surface area contributed by atoms with E-state index in [2.05, 4.69) is 25.6 Å². The zero-order valence-corrected chi connectivity index (χ0v) is 18.0. The summed E-state index contributed by atoms with van der Waals surface area (Å²) < 4.78 is 33.4. The van der Waals surface area contributed by atoms with Crippen LogP contribution in [0.4, 0.5) is 15.1 Å². The predicted molar refractivity (Wildman–Crippen MR) is 109 cm³/mol. The Balaban J connectivity index is 1.45. The van der Waals surface area contributed by atoms with Gasteiger partial charge in [-0.15, -0.1) is 0 Å². The molecule has 2 saturated heterocycles.